The highest BCUT2D eigenvalue weighted by atomic mass is 32.2. The van der Waals surface area contributed by atoms with Gasteiger partial charge in [-0.05, 0) is 32.4 Å². The van der Waals surface area contributed by atoms with Crippen LogP contribution in [0.5, 0.6) is 5.88 Å². The van der Waals surface area contributed by atoms with Crippen LogP contribution in [0.1, 0.15) is 39.8 Å². The summed E-state index contributed by atoms with van der Waals surface area (Å²) < 4.78 is 41.5. The lowest BCUT2D eigenvalue weighted by Gasteiger charge is -2.33. The molecule has 1 aliphatic heterocycles. The molecule has 4 rings (SSSR count). The highest BCUT2D eigenvalue weighted by Crippen LogP contribution is 2.31. The van der Waals surface area contributed by atoms with Gasteiger partial charge in [0.15, 0.2) is 5.52 Å². The zero-order chi connectivity index (χ0) is 27.4. The van der Waals surface area contributed by atoms with Crippen molar-refractivity contribution in [3.8, 4) is 17.3 Å². The van der Waals surface area contributed by atoms with Gasteiger partial charge in [-0.3, -0.25) is 9.48 Å². The lowest BCUT2D eigenvalue weighted by molar-refractivity contribution is 0.183. The molecule has 0 bridgehead atoms. The van der Waals surface area contributed by atoms with Crippen molar-refractivity contribution >= 4 is 21.1 Å². The maximum atomic E-state index is 13.5. The van der Waals surface area contributed by atoms with Crippen molar-refractivity contribution < 1.29 is 17.9 Å². The summed E-state index contributed by atoms with van der Waals surface area (Å²) in [6.07, 6.45) is 2.46. The maximum Gasteiger partial charge on any atom is 0.279 e. The van der Waals surface area contributed by atoms with E-state index >= 15 is 0 Å². The minimum absolute atomic E-state index is 0.0307. The van der Waals surface area contributed by atoms with Crippen molar-refractivity contribution in [2.24, 2.45) is 0 Å². The summed E-state index contributed by atoms with van der Waals surface area (Å²) in [5.41, 5.74) is 1.36. The minimum atomic E-state index is -3.81. The number of H-pyrrole nitrogens is 1. The third-order valence-electron chi connectivity index (χ3n) is 6.93. The Balaban J connectivity index is 1.83. The summed E-state index contributed by atoms with van der Waals surface area (Å²) in [4.78, 5) is 27.3. The standard InChI is InChI=1S/C25H37N7O5S/c1-6-17(4)37-25-19(15-18(16-26-25)38(34,35)31-11-9-30(8-3)10-12-31)23-27-21-20(7-2)32(13-14-36-5)29-22(21)24(33)28-23/h15-17H,6-14H2,1-5H3,(H,27,28,33)/t17-/m0/s1. The maximum absolute atomic E-state index is 13.5. The molecule has 0 unspecified atom stereocenters. The van der Waals surface area contributed by atoms with Gasteiger partial charge in [0.1, 0.15) is 16.2 Å². The van der Waals surface area contributed by atoms with Crippen LogP contribution in [0.3, 0.4) is 0 Å². The monoisotopic (exact) mass is 547 g/mol. The van der Waals surface area contributed by atoms with E-state index in [4.69, 9.17) is 14.5 Å². The molecule has 0 aromatic carbocycles. The van der Waals surface area contributed by atoms with E-state index in [1.54, 1.807) is 11.8 Å². The first-order chi connectivity index (χ1) is 18.2. The molecule has 1 N–H and O–H groups in total. The predicted molar refractivity (Wildman–Crippen MR) is 144 cm³/mol. The Morgan fingerprint density at radius 3 is 2.50 bits per heavy atom. The smallest absolute Gasteiger partial charge is 0.279 e. The van der Waals surface area contributed by atoms with Gasteiger partial charge in [0.25, 0.3) is 5.56 Å². The fourth-order valence-electron chi connectivity index (χ4n) is 4.45. The Morgan fingerprint density at radius 1 is 1.13 bits per heavy atom. The fraction of sp³-hybridized carbons (Fsp3) is 0.600. The Kier molecular flexibility index (Phi) is 8.81. The van der Waals surface area contributed by atoms with E-state index < -0.39 is 15.6 Å². The average molecular weight is 548 g/mol. The van der Waals surface area contributed by atoms with Gasteiger partial charge >= 0.3 is 0 Å². The number of piperazine rings is 1. The molecule has 208 valence electrons. The summed E-state index contributed by atoms with van der Waals surface area (Å²) in [6, 6.07) is 1.50. The molecule has 0 radical (unpaired) electrons. The number of fused-ring (bicyclic) bond motifs is 1. The molecule has 0 saturated carbocycles. The number of sulfonamides is 1. The summed E-state index contributed by atoms with van der Waals surface area (Å²) in [6.45, 7) is 11.8. The van der Waals surface area contributed by atoms with Crippen LogP contribution in [0.15, 0.2) is 22.0 Å². The largest absolute Gasteiger partial charge is 0.474 e. The third kappa shape index (κ3) is 5.60. The van der Waals surface area contributed by atoms with Crippen LogP contribution in [0.25, 0.3) is 22.4 Å². The van der Waals surface area contributed by atoms with E-state index in [2.05, 4.69) is 26.9 Å². The van der Waals surface area contributed by atoms with Crippen LogP contribution in [0.2, 0.25) is 0 Å². The number of nitrogens with zero attached hydrogens (tertiary/aromatic N) is 6. The van der Waals surface area contributed by atoms with Crippen LogP contribution >= 0.6 is 0 Å². The lowest BCUT2D eigenvalue weighted by Crippen LogP contribution is -2.48. The molecule has 3 aromatic rings. The molecule has 1 aliphatic rings. The fourth-order valence-corrected chi connectivity index (χ4v) is 5.85. The average Bonchev–Trinajstić information content (AvgIpc) is 3.29. The van der Waals surface area contributed by atoms with E-state index in [1.807, 2.05) is 20.8 Å². The first-order valence-corrected chi connectivity index (χ1v) is 14.6. The second kappa shape index (κ2) is 11.9. The molecule has 0 spiro atoms. The molecule has 13 heteroatoms. The second-order valence-corrected chi connectivity index (χ2v) is 11.3. The van der Waals surface area contributed by atoms with Crippen LogP contribution < -0.4 is 10.3 Å². The molecule has 0 aliphatic carbocycles. The van der Waals surface area contributed by atoms with Crippen LogP contribution in [-0.2, 0) is 27.7 Å². The topological polar surface area (TPSA) is 136 Å². The van der Waals surface area contributed by atoms with E-state index in [9.17, 15) is 13.2 Å². The molecule has 1 fully saturated rings. The first-order valence-electron chi connectivity index (χ1n) is 13.1. The van der Waals surface area contributed by atoms with Crippen molar-refractivity contribution in [2.45, 2.75) is 58.1 Å². The van der Waals surface area contributed by atoms with E-state index in [0.29, 0.717) is 56.8 Å². The van der Waals surface area contributed by atoms with E-state index in [1.165, 1.54) is 16.6 Å². The highest BCUT2D eigenvalue weighted by Gasteiger charge is 2.30. The molecule has 0 amide bonds. The molecule has 12 nitrogen and oxygen atoms in total. The number of ether oxygens (including phenoxy) is 2. The number of rotatable bonds is 11. The van der Waals surface area contributed by atoms with Gasteiger partial charge in [-0.15, -0.1) is 0 Å². The Hall–Kier alpha value is -2.87. The van der Waals surface area contributed by atoms with Gasteiger partial charge < -0.3 is 19.4 Å². The molecule has 1 atom stereocenters. The van der Waals surface area contributed by atoms with Gasteiger partial charge in [-0.2, -0.15) is 9.40 Å². The summed E-state index contributed by atoms with van der Waals surface area (Å²) >= 11 is 0. The Morgan fingerprint density at radius 2 is 1.87 bits per heavy atom. The third-order valence-corrected chi connectivity index (χ3v) is 8.79. The summed E-state index contributed by atoms with van der Waals surface area (Å²) in [7, 11) is -2.20. The van der Waals surface area contributed by atoms with Crippen LogP contribution in [0, 0.1) is 0 Å². The molecular formula is C25H37N7O5S. The minimum Gasteiger partial charge on any atom is -0.474 e. The van der Waals surface area contributed by atoms with Gasteiger partial charge in [0.2, 0.25) is 15.9 Å². The first kappa shape index (κ1) is 28.1. The van der Waals surface area contributed by atoms with Crippen molar-refractivity contribution in [2.75, 3.05) is 46.4 Å². The lowest BCUT2D eigenvalue weighted by atomic mass is 10.2. The van der Waals surface area contributed by atoms with E-state index in [-0.39, 0.29) is 28.2 Å². The van der Waals surface area contributed by atoms with Crippen molar-refractivity contribution in [1.82, 2.24) is 33.9 Å². The SMILES string of the molecule is CCc1c2nc(-c3cc(S(=O)(=O)N4CCN(CC)CC4)cnc3O[C@@H](C)CC)[nH]c(=O)c2nn1CCOC. The summed E-state index contributed by atoms with van der Waals surface area (Å²) in [5.74, 6) is 0.392. The quantitative estimate of drug-likeness (QED) is 0.382. The van der Waals surface area contributed by atoms with Crippen molar-refractivity contribution in [3.63, 3.8) is 0 Å². The number of aromatic nitrogens is 5. The molecule has 1 saturated heterocycles. The number of methoxy groups -OCH3 is 1. The zero-order valence-corrected chi connectivity index (χ0v) is 23.5. The van der Waals surface area contributed by atoms with Gasteiger partial charge in [-0.1, -0.05) is 20.8 Å². The summed E-state index contributed by atoms with van der Waals surface area (Å²) in [5, 5.41) is 4.45. The normalized spacial score (nSPS) is 16.2. The number of pyridine rings is 1. The number of likely N-dealkylation sites (N-methyl/N-ethyl adjacent to an activating group) is 1. The number of hydrogen-bond acceptors (Lipinski definition) is 9. The van der Waals surface area contributed by atoms with Gasteiger partial charge in [-0.25, -0.2) is 18.4 Å². The predicted octanol–water partition coefficient (Wildman–Crippen LogP) is 1.89. The number of nitrogens with one attached hydrogen (secondary N) is 1. The molecular weight excluding hydrogens is 510 g/mol. The Bertz CT molecular complexity index is 1430. The molecule has 4 heterocycles. The molecule has 38 heavy (non-hydrogen) atoms. The van der Waals surface area contributed by atoms with Crippen molar-refractivity contribution in [1.29, 1.82) is 0 Å². The van der Waals surface area contributed by atoms with Crippen LogP contribution in [-0.4, -0.2) is 94.9 Å². The van der Waals surface area contributed by atoms with Crippen LogP contribution in [0.4, 0.5) is 0 Å². The van der Waals surface area contributed by atoms with Crippen molar-refractivity contribution in [3.05, 3.63) is 28.3 Å². The second-order valence-electron chi connectivity index (χ2n) is 9.33. The number of hydrogen-bond donors (Lipinski definition) is 1. The highest BCUT2D eigenvalue weighted by molar-refractivity contribution is 7.89. The zero-order valence-electron chi connectivity index (χ0n) is 22.7. The van der Waals surface area contributed by atoms with Gasteiger partial charge in [0.05, 0.1) is 36.7 Å². The Labute approximate surface area is 223 Å². The van der Waals surface area contributed by atoms with E-state index in [0.717, 1.165) is 18.7 Å². The number of aromatic amines is 1. The van der Waals surface area contributed by atoms with Gasteiger partial charge in [0, 0.05) is 33.3 Å². The molecule has 3 aromatic heterocycles. The number of aryl methyl sites for hydroxylation is 1.